The fourth-order valence-corrected chi connectivity index (χ4v) is 3.22. The molecule has 1 N–H and O–H groups in total. The topological polar surface area (TPSA) is 15.3 Å². The van der Waals surface area contributed by atoms with Crippen LogP contribution >= 0.6 is 0 Å². The standard InChI is InChI=1S/C12H22N2/c1-11(2-3-11)9-14-7-5-12(10-14)4-6-13-8-12/h13H,2-10H2,1H3. The van der Waals surface area contributed by atoms with Gasteiger partial charge in [-0.2, -0.15) is 0 Å². The highest BCUT2D eigenvalue weighted by molar-refractivity contribution is 4.99. The van der Waals surface area contributed by atoms with Gasteiger partial charge in [-0.25, -0.2) is 0 Å². The Balaban J connectivity index is 1.58. The van der Waals surface area contributed by atoms with Crippen molar-refractivity contribution >= 4 is 0 Å². The molecule has 2 aliphatic heterocycles. The van der Waals surface area contributed by atoms with Crippen molar-refractivity contribution in [3.05, 3.63) is 0 Å². The lowest BCUT2D eigenvalue weighted by Gasteiger charge is -2.24. The van der Waals surface area contributed by atoms with Gasteiger partial charge < -0.3 is 10.2 Å². The lowest BCUT2D eigenvalue weighted by molar-refractivity contribution is 0.238. The Bertz CT molecular complexity index is 226. The van der Waals surface area contributed by atoms with Crippen molar-refractivity contribution in [2.24, 2.45) is 10.8 Å². The number of likely N-dealkylation sites (tertiary alicyclic amines) is 1. The van der Waals surface area contributed by atoms with Crippen LogP contribution in [0.2, 0.25) is 0 Å². The predicted molar refractivity (Wildman–Crippen MR) is 58.3 cm³/mol. The maximum Gasteiger partial charge on any atom is 0.00513 e. The lowest BCUT2D eigenvalue weighted by Crippen LogP contribution is -2.32. The molecule has 2 nitrogen and oxygen atoms in total. The summed E-state index contributed by atoms with van der Waals surface area (Å²) >= 11 is 0. The highest BCUT2D eigenvalue weighted by Crippen LogP contribution is 2.47. The van der Waals surface area contributed by atoms with E-state index < -0.39 is 0 Å². The molecule has 2 heterocycles. The van der Waals surface area contributed by atoms with Crippen molar-refractivity contribution in [2.75, 3.05) is 32.7 Å². The van der Waals surface area contributed by atoms with Gasteiger partial charge in [0.2, 0.25) is 0 Å². The van der Waals surface area contributed by atoms with Crippen LogP contribution in [0.1, 0.15) is 32.6 Å². The van der Waals surface area contributed by atoms with E-state index in [-0.39, 0.29) is 0 Å². The Morgan fingerprint density at radius 2 is 2.07 bits per heavy atom. The predicted octanol–water partition coefficient (Wildman–Crippen LogP) is 1.47. The molecule has 1 atom stereocenters. The van der Waals surface area contributed by atoms with Crippen LogP contribution < -0.4 is 5.32 Å². The number of rotatable bonds is 2. The summed E-state index contributed by atoms with van der Waals surface area (Å²) in [6.45, 7) is 9.08. The van der Waals surface area contributed by atoms with Crippen LogP contribution in [0, 0.1) is 10.8 Å². The molecule has 1 spiro atoms. The first-order valence-corrected chi connectivity index (χ1v) is 6.13. The van der Waals surface area contributed by atoms with Crippen molar-refractivity contribution < 1.29 is 0 Å². The first kappa shape index (κ1) is 9.17. The van der Waals surface area contributed by atoms with Crippen LogP contribution in [-0.2, 0) is 0 Å². The third-order valence-electron chi connectivity index (χ3n) is 4.56. The van der Waals surface area contributed by atoms with Gasteiger partial charge in [0.25, 0.3) is 0 Å². The second-order valence-corrected chi connectivity index (χ2v) is 6.20. The van der Waals surface area contributed by atoms with E-state index in [1.54, 1.807) is 0 Å². The normalized spacial score (nSPS) is 40.9. The lowest BCUT2D eigenvalue weighted by atomic mass is 9.86. The van der Waals surface area contributed by atoms with Crippen molar-refractivity contribution in [1.29, 1.82) is 0 Å². The molecule has 3 rings (SSSR count). The summed E-state index contributed by atoms with van der Waals surface area (Å²) in [6.07, 6.45) is 5.79. The van der Waals surface area contributed by atoms with Gasteiger partial charge in [-0.3, -0.25) is 0 Å². The summed E-state index contributed by atoms with van der Waals surface area (Å²) in [5.74, 6) is 0. The minimum Gasteiger partial charge on any atom is -0.316 e. The smallest absolute Gasteiger partial charge is 0.00513 e. The molecule has 0 aromatic rings. The van der Waals surface area contributed by atoms with Crippen molar-refractivity contribution in [1.82, 2.24) is 10.2 Å². The Morgan fingerprint density at radius 3 is 2.71 bits per heavy atom. The molecule has 1 aliphatic carbocycles. The summed E-state index contributed by atoms with van der Waals surface area (Å²) in [6, 6.07) is 0. The highest BCUT2D eigenvalue weighted by Gasteiger charge is 2.44. The second kappa shape index (κ2) is 2.96. The zero-order valence-corrected chi connectivity index (χ0v) is 9.31. The average Bonchev–Trinajstić information content (AvgIpc) is 2.65. The zero-order chi connectivity index (χ0) is 9.65. The van der Waals surface area contributed by atoms with Crippen LogP contribution in [0.25, 0.3) is 0 Å². The van der Waals surface area contributed by atoms with Crippen LogP contribution in [0.15, 0.2) is 0 Å². The van der Waals surface area contributed by atoms with E-state index in [9.17, 15) is 0 Å². The quantitative estimate of drug-likeness (QED) is 0.716. The summed E-state index contributed by atoms with van der Waals surface area (Å²) < 4.78 is 0. The van der Waals surface area contributed by atoms with Gasteiger partial charge in [-0.15, -0.1) is 0 Å². The molecule has 1 saturated carbocycles. The summed E-state index contributed by atoms with van der Waals surface area (Å²) in [7, 11) is 0. The summed E-state index contributed by atoms with van der Waals surface area (Å²) in [5, 5.41) is 3.53. The maximum absolute atomic E-state index is 3.53. The molecule has 0 amide bonds. The molecular formula is C12H22N2. The Morgan fingerprint density at radius 1 is 1.21 bits per heavy atom. The van der Waals surface area contributed by atoms with E-state index in [0.717, 1.165) is 0 Å². The Labute approximate surface area is 87.0 Å². The molecule has 0 radical (unpaired) electrons. The van der Waals surface area contributed by atoms with E-state index in [2.05, 4.69) is 17.1 Å². The van der Waals surface area contributed by atoms with Crippen molar-refractivity contribution in [3.8, 4) is 0 Å². The minimum atomic E-state index is 0.672. The molecule has 0 aromatic carbocycles. The fourth-order valence-electron chi connectivity index (χ4n) is 3.22. The van der Waals surface area contributed by atoms with E-state index in [1.165, 1.54) is 58.4 Å². The molecular weight excluding hydrogens is 172 g/mol. The molecule has 0 bridgehead atoms. The molecule has 3 fully saturated rings. The molecule has 1 unspecified atom stereocenters. The van der Waals surface area contributed by atoms with Crippen LogP contribution in [-0.4, -0.2) is 37.6 Å². The van der Waals surface area contributed by atoms with Crippen LogP contribution in [0.4, 0.5) is 0 Å². The summed E-state index contributed by atoms with van der Waals surface area (Å²) in [5.41, 5.74) is 1.38. The van der Waals surface area contributed by atoms with Gasteiger partial charge >= 0.3 is 0 Å². The van der Waals surface area contributed by atoms with Crippen LogP contribution in [0.3, 0.4) is 0 Å². The molecule has 14 heavy (non-hydrogen) atoms. The third kappa shape index (κ3) is 1.59. The van der Waals surface area contributed by atoms with Crippen LogP contribution in [0.5, 0.6) is 0 Å². The van der Waals surface area contributed by atoms with E-state index in [0.29, 0.717) is 10.8 Å². The van der Waals surface area contributed by atoms with E-state index >= 15 is 0 Å². The van der Waals surface area contributed by atoms with Gasteiger partial charge in [-0.05, 0) is 49.6 Å². The number of nitrogens with zero attached hydrogens (tertiary/aromatic N) is 1. The SMILES string of the molecule is CC1(CN2CCC3(CCNC3)C2)CC1. The first-order valence-electron chi connectivity index (χ1n) is 6.13. The van der Waals surface area contributed by atoms with Gasteiger partial charge in [0.15, 0.2) is 0 Å². The number of hydrogen-bond donors (Lipinski definition) is 1. The third-order valence-corrected chi connectivity index (χ3v) is 4.56. The van der Waals surface area contributed by atoms with E-state index in [1.807, 2.05) is 0 Å². The molecule has 2 saturated heterocycles. The van der Waals surface area contributed by atoms with Crippen molar-refractivity contribution in [3.63, 3.8) is 0 Å². The molecule has 0 aromatic heterocycles. The molecule has 3 aliphatic rings. The Hall–Kier alpha value is -0.0800. The number of hydrogen-bond acceptors (Lipinski definition) is 2. The fraction of sp³-hybridized carbons (Fsp3) is 1.00. The molecule has 2 heteroatoms. The monoisotopic (exact) mass is 194 g/mol. The largest absolute Gasteiger partial charge is 0.316 e. The maximum atomic E-state index is 3.53. The van der Waals surface area contributed by atoms with Gasteiger partial charge in [0.1, 0.15) is 0 Å². The van der Waals surface area contributed by atoms with Gasteiger partial charge in [0.05, 0.1) is 0 Å². The average molecular weight is 194 g/mol. The zero-order valence-electron chi connectivity index (χ0n) is 9.31. The van der Waals surface area contributed by atoms with Gasteiger partial charge in [0, 0.05) is 19.6 Å². The number of nitrogens with one attached hydrogen (secondary N) is 1. The molecule has 80 valence electrons. The van der Waals surface area contributed by atoms with Gasteiger partial charge in [-0.1, -0.05) is 6.92 Å². The van der Waals surface area contributed by atoms with E-state index in [4.69, 9.17) is 0 Å². The minimum absolute atomic E-state index is 0.672. The summed E-state index contributed by atoms with van der Waals surface area (Å²) in [4.78, 5) is 2.72. The highest BCUT2D eigenvalue weighted by atomic mass is 15.2. The second-order valence-electron chi connectivity index (χ2n) is 6.20. The first-order chi connectivity index (χ1) is 6.70. The van der Waals surface area contributed by atoms with Crippen molar-refractivity contribution in [2.45, 2.75) is 32.6 Å². The Kier molecular flexibility index (Phi) is 1.94.